The van der Waals surface area contributed by atoms with Gasteiger partial charge in [-0.2, -0.15) is 0 Å². The Morgan fingerprint density at radius 2 is 2.05 bits per heavy atom. The fourth-order valence-electron chi connectivity index (χ4n) is 2.87. The number of hydrogen-bond donors (Lipinski definition) is 0. The molecule has 0 spiro atoms. The van der Waals surface area contributed by atoms with E-state index in [1.54, 1.807) is 0 Å². The lowest BCUT2D eigenvalue weighted by molar-refractivity contribution is -0.147. The third-order valence-corrected chi connectivity index (χ3v) is 4.02. The molecule has 0 saturated heterocycles. The predicted octanol–water partition coefficient (Wildman–Crippen LogP) is 3.33. The van der Waals surface area contributed by atoms with Crippen LogP contribution in [0.5, 0.6) is 0 Å². The number of unbranched alkanes of at least 4 members (excludes halogenated alkanes) is 1. The van der Waals surface area contributed by atoms with Gasteiger partial charge in [-0.1, -0.05) is 35.9 Å². The fraction of sp³-hybridized carbons (Fsp3) is 0.500. The SMILES string of the molecule is COC(=O)[C@@H]1Cc2ccccc2CN1CCCC=C(C)C. The molecule has 0 fully saturated rings. The zero-order valence-electron chi connectivity index (χ0n) is 13.3. The molecule has 0 aromatic heterocycles. The van der Waals surface area contributed by atoms with E-state index in [1.165, 1.54) is 23.8 Å². The zero-order valence-corrected chi connectivity index (χ0v) is 13.3. The highest BCUT2D eigenvalue weighted by atomic mass is 16.5. The molecule has 3 heteroatoms. The minimum atomic E-state index is -0.142. The Kier molecular flexibility index (Phi) is 5.57. The first-order chi connectivity index (χ1) is 10.1. The average molecular weight is 287 g/mol. The van der Waals surface area contributed by atoms with Crippen LogP contribution in [0.1, 0.15) is 37.8 Å². The van der Waals surface area contributed by atoms with Crippen molar-refractivity contribution in [1.29, 1.82) is 0 Å². The minimum absolute atomic E-state index is 0.119. The van der Waals surface area contributed by atoms with Crippen LogP contribution in [0.15, 0.2) is 35.9 Å². The number of hydrogen-bond acceptors (Lipinski definition) is 3. The van der Waals surface area contributed by atoms with Crippen LogP contribution in [0.4, 0.5) is 0 Å². The van der Waals surface area contributed by atoms with Gasteiger partial charge in [-0.3, -0.25) is 9.69 Å². The molecule has 0 unspecified atom stereocenters. The van der Waals surface area contributed by atoms with Gasteiger partial charge in [0.25, 0.3) is 0 Å². The van der Waals surface area contributed by atoms with E-state index in [4.69, 9.17) is 4.74 Å². The molecule has 0 bridgehead atoms. The molecule has 1 atom stereocenters. The Balaban J connectivity index is 2.06. The normalized spacial score (nSPS) is 18.0. The maximum absolute atomic E-state index is 12.1. The highest BCUT2D eigenvalue weighted by molar-refractivity contribution is 5.76. The molecule has 1 heterocycles. The number of benzene rings is 1. The van der Waals surface area contributed by atoms with Crippen LogP contribution in [-0.4, -0.2) is 30.6 Å². The van der Waals surface area contributed by atoms with E-state index in [0.29, 0.717) is 0 Å². The first kappa shape index (κ1) is 15.8. The van der Waals surface area contributed by atoms with Crippen LogP contribution in [0.2, 0.25) is 0 Å². The van der Waals surface area contributed by atoms with Crippen molar-refractivity contribution < 1.29 is 9.53 Å². The maximum atomic E-state index is 12.1. The third kappa shape index (κ3) is 4.18. The van der Waals surface area contributed by atoms with Gasteiger partial charge in [-0.15, -0.1) is 0 Å². The van der Waals surface area contributed by atoms with E-state index in [-0.39, 0.29) is 12.0 Å². The van der Waals surface area contributed by atoms with Gasteiger partial charge in [-0.25, -0.2) is 0 Å². The van der Waals surface area contributed by atoms with Crippen LogP contribution >= 0.6 is 0 Å². The van der Waals surface area contributed by atoms with E-state index >= 15 is 0 Å². The van der Waals surface area contributed by atoms with Crippen molar-refractivity contribution in [3.8, 4) is 0 Å². The number of allylic oxidation sites excluding steroid dienone is 2. The maximum Gasteiger partial charge on any atom is 0.323 e. The minimum Gasteiger partial charge on any atom is -0.468 e. The molecule has 2 rings (SSSR count). The molecular weight excluding hydrogens is 262 g/mol. The topological polar surface area (TPSA) is 29.5 Å². The van der Waals surface area contributed by atoms with Crippen LogP contribution in [0.25, 0.3) is 0 Å². The van der Waals surface area contributed by atoms with Gasteiger partial charge < -0.3 is 4.74 Å². The van der Waals surface area contributed by atoms with E-state index in [1.807, 2.05) is 6.07 Å². The summed E-state index contributed by atoms with van der Waals surface area (Å²) in [6.07, 6.45) is 5.14. The summed E-state index contributed by atoms with van der Waals surface area (Å²) in [6, 6.07) is 8.24. The van der Waals surface area contributed by atoms with Gasteiger partial charge in [0.1, 0.15) is 6.04 Å². The number of carbonyl (C=O) groups excluding carboxylic acids is 1. The molecule has 0 amide bonds. The molecule has 0 aliphatic carbocycles. The summed E-state index contributed by atoms with van der Waals surface area (Å²) in [5.74, 6) is -0.119. The van der Waals surface area contributed by atoms with E-state index in [0.717, 1.165) is 32.4 Å². The molecule has 1 aliphatic rings. The average Bonchev–Trinajstić information content (AvgIpc) is 2.49. The lowest BCUT2D eigenvalue weighted by Gasteiger charge is -2.35. The largest absolute Gasteiger partial charge is 0.468 e. The summed E-state index contributed by atoms with van der Waals surface area (Å²) < 4.78 is 4.99. The summed E-state index contributed by atoms with van der Waals surface area (Å²) in [5.41, 5.74) is 3.96. The summed E-state index contributed by atoms with van der Waals surface area (Å²) in [7, 11) is 1.48. The van der Waals surface area contributed by atoms with Gasteiger partial charge in [0.05, 0.1) is 7.11 Å². The second-order valence-corrected chi connectivity index (χ2v) is 5.91. The fourth-order valence-corrected chi connectivity index (χ4v) is 2.87. The number of esters is 1. The van der Waals surface area contributed by atoms with Crippen molar-refractivity contribution in [1.82, 2.24) is 4.90 Å². The van der Waals surface area contributed by atoms with Crippen LogP contribution in [0, 0.1) is 0 Å². The number of methoxy groups -OCH3 is 1. The first-order valence-corrected chi connectivity index (χ1v) is 7.64. The van der Waals surface area contributed by atoms with Gasteiger partial charge >= 0.3 is 5.97 Å². The highest BCUT2D eigenvalue weighted by Crippen LogP contribution is 2.24. The lowest BCUT2D eigenvalue weighted by Crippen LogP contribution is -2.46. The lowest BCUT2D eigenvalue weighted by atomic mass is 9.93. The Bertz CT molecular complexity index is 518. The number of fused-ring (bicyclic) bond motifs is 1. The molecule has 1 aromatic rings. The van der Waals surface area contributed by atoms with E-state index in [9.17, 15) is 4.79 Å². The standard InChI is InChI=1S/C18H25NO2/c1-14(2)8-6-7-11-19-13-16-10-5-4-9-15(16)12-17(19)18(20)21-3/h4-5,8-10,17H,6-7,11-13H2,1-3H3/t17-/m0/s1. The smallest absolute Gasteiger partial charge is 0.323 e. The second-order valence-electron chi connectivity index (χ2n) is 5.91. The molecule has 0 N–H and O–H groups in total. The summed E-state index contributed by atoms with van der Waals surface area (Å²) in [4.78, 5) is 14.3. The Morgan fingerprint density at radius 1 is 1.33 bits per heavy atom. The molecule has 114 valence electrons. The molecule has 0 saturated carbocycles. The van der Waals surface area contributed by atoms with Gasteiger partial charge in [0.15, 0.2) is 0 Å². The third-order valence-electron chi connectivity index (χ3n) is 4.02. The Morgan fingerprint density at radius 3 is 2.71 bits per heavy atom. The predicted molar refractivity (Wildman–Crippen MR) is 85.0 cm³/mol. The molecule has 3 nitrogen and oxygen atoms in total. The van der Waals surface area contributed by atoms with Gasteiger partial charge in [0.2, 0.25) is 0 Å². The van der Waals surface area contributed by atoms with E-state index in [2.05, 4.69) is 43.0 Å². The van der Waals surface area contributed by atoms with Crippen molar-refractivity contribution in [3.05, 3.63) is 47.0 Å². The molecular formula is C18H25NO2. The second kappa shape index (κ2) is 7.41. The van der Waals surface area contributed by atoms with Crippen molar-refractivity contribution in [2.45, 2.75) is 45.7 Å². The van der Waals surface area contributed by atoms with Crippen molar-refractivity contribution in [2.75, 3.05) is 13.7 Å². The van der Waals surface area contributed by atoms with Crippen LogP contribution in [0.3, 0.4) is 0 Å². The summed E-state index contributed by atoms with van der Waals surface area (Å²) in [6.45, 7) is 6.01. The monoisotopic (exact) mass is 287 g/mol. The van der Waals surface area contributed by atoms with Crippen molar-refractivity contribution >= 4 is 5.97 Å². The van der Waals surface area contributed by atoms with Crippen molar-refractivity contribution in [2.24, 2.45) is 0 Å². The number of rotatable bonds is 5. The molecule has 1 aliphatic heterocycles. The molecule has 0 radical (unpaired) electrons. The quantitative estimate of drug-likeness (QED) is 0.472. The van der Waals surface area contributed by atoms with Crippen LogP contribution < -0.4 is 0 Å². The van der Waals surface area contributed by atoms with E-state index < -0.39 is 0 Å². The van der Waals surface area contributed by atoms with Crippen LogP contribution in [-0.2, 0) is 22.5 Å². The highest BCUT2D eigenvalue weighted by Gasteiger charge is 2.31. The van der Waals surface area contributed by atoms with Gasteiger partial charge in [-0.05, 0) is 50.8 Å². The zero-order chi connectivity index (χ0) is 15.2. The Labute approximate surface area is 127 Å². The summed E-state index contributed by atoms with van der Waals surface area (Å²) in [5, 5.41) is 0. The number of nitrogens with zero attached hydrogens (tertiary/aromatic N) is 1. The van der Waals surface area contributed by atoms with Gasteiger partial charge in [0, 0.05) is 6.54 Å². The summed E-state index contributed by atoms with van der Waals surface area (Å²) >= 11 is 0. The first-order valence-electron chi connectivity index (χ1n) is 7.64. The number of carbonyl (C=O) groups is 1. The molecule has 21 heavy (non-hydrogen) atoms. The molecule has 1 aromatic carbocycles. The van der Waals surface area contributed by atoms with Crippen molar-refractivity contribution in [3.63, 3.8) is 0 Å². The Hall–Kier alpha value is -1.61. The number of ether oxygens (including phenoxy) is 1.